The first-order valence-corrected chi connectivity index (χ1v) is 9.63. The molecule has 0 saturated carbocycles. The van der Waals surface area contributed by atoms with E-state index in [1.807, 2.05) is 0 Å². The number of carbonyl (C=O) groups excluding carboxylic acids is 4. The maximum absolute atomic E-state index is 12.0. The number of nitrogens with zero attached hydrogens (tertiary/aromatic N) is 1. The Morgan fingerprint density at radius 2 is 1.65 bits per heavy atom. The molecule has 0 bridgehead atoms. The van der Waals surface area contributed by atoms with Crippen molar-refractivity contribution in [3.05, 3.63) is 54.1 Å². The number of benzene rings is 2. The molecule has 0 aliphatic carbocycles. The monoisotopic (exact) mass is 426 g/mol. The zero-order valence-corrected chi connectivity index (χ0v) is 17.0. The van der Waals surface area contributed by atoms with E-state index in [9.17, 15) is 19.2 Å². The molecular weight excluding hydrogens is 404 g/mol. The molecule has 0 radical (unpaired) electrons. The molecule has 1 aliphatic rings. The van der Waals surface area contributed by atoms with Gasteiger partial charge in [0.05, 0.1) is 7.11 Å². The van der Waals surface area contributed by atoms with E-state index in [1.54, 1.807) is 41.3 Å². The highest BCUT2D eigenvalue weighted by Crippen LogP contribution is 2.23. The molecule has 0 spiro atoms. The number of imide groups is 1. The smallest absolute Gasteiger partial charge is 0.344 e. The van der Waals surface area contributed by atoms with Gasteiger partial charge in [-0.3, -0.25) is 19.7 Å². The molecular formula is C22H22N2O7. The van der Waals surface area contributed by atoms with Gasteiger partial charge in [0.1, 0.15) is 11.5 Å². The lowest BCUT2D eigenvalue weighted by Crippen LogP contribution is -2.34. The third-order valence-corrected chi connectivity index (χ3v) is 4.55. The Morgan fingerprint density at radius 1 is 0.968 bits per heavy atom. The van der Waals surface area contributed by atoms with Crippen molar-refractivity contribution in [3.63, 3.8) is 0 Å². The summed E-state index contributed by atoms with van der Waals surface area (Å²) in [5.41, 5.74) is 1.04. The van der Waals surface area contributed by atoms with E-state index < -0.39 is 31.0 Å². The largest absolute Gasteiger partial charge is 0.497 e. The molecule has 0 unspecified atom stereocenters. The van der Waals surface area contributed by atoms with Gasteiger partial charge < -0.3 is 19.1 Å². The van der Waals surface area contributed by atoms with Crippen LogP contribution in [0.4, 0.5) is 5.69 Å². The van der Waals surface area contributed by atoms with Gasteiger partial charge in [0.15, 0.2) is 13.2 Å². The highest BCUT2D eigenvalue weighted by molar-refractivity contribution is 6.05. The molecule has 1 N–H and O–H groups in total. The number of hydrogen-bond donors (Lipinski definition) is 1. The van der Waals surface area contributed by atoms with Gasteiger partial charge in [-0.2, -0.15) is 0 Å². The Morgan fingerprint density at radius 3 is 2.26 bits per heavy atom. The molecule has 162 valence electrons. The molecule has 1 heterocycles. The van der Waals surface area contributed by atoms with Gasteiger partial charge in [-0.05, 0) is 55.0 Å². The quantitative estimate of drug-likeness (QED) is 0.640. The molecule has 1 aliphatic heterocycles. The summed E-state index contributed by atoms with van der Waals surface area (Å²) in [6.45, 7) is -0.323. The normalized spacial score (nSPS) is 12.9. The zero-order chi connectivity index (χ0) is 22.2. The average Bonchev–Trinajstić information content (AvgIpc) is 3.22. The van der Waals surface area contributed by atoms with Crippen LogP contribution in [0.3, 0.4) is 0 Å². The van der Waals surface area contributed by atoms with E-state index in [0.717, 1.165) is 12.1 Å². The summed E-state index contributed by atoms with van der Waals surface area (Å²) in [5, 5.41) is 2.13. The summed E-state index contributed by atoms with van der Waals surface area (Å²) in [6.07, 6.45) is 1.38. The maximum Gasteiger partial charge on any atom is 0.344 e. The van der Waals surface area contributed by atoms with Gasteiger partial charge in [-0.15, -0.1) is 0 Å². The SMILES string of the molecule is COc1ccc(C(=O)NC(=O)COC(=O)COc2ccc(N3CCCC3=O)cc2)cc1. The summed E-state index contributed by atoms with van der Waals surface area (Å²) in [5.74, 6) is -1.04. The number of nitrogens with one attached hydrogen (secondary N) is 1. The third-order valence-electron chi connectivity index (χ3n) is 4.55. The maximum atomic E-state index is 12.0. The number of ether oxygens (including phenoxy) is 3. The summed E-state index contributed by atoms with van der Waals surface area (Å²) in [6, 6.07) is 13.0. The van der Waals surface area contributed by atoms with Crippen molar-refractivity contribution in [2.45, 2.75) is 12.8 Å². The van der Waals surface area contributed by atoms with E-state index in [-0.39, 0.29) is 11.5 Å². The van der Waals surface area contributed by atoms with Gasteiger partial charge in [0.2, 0.25) is 5.91 Å². The van der Waals surface area contributed by atoms with E-state index in [4.69, 9.17) is 14.2 Å². The first-order chi connectivity index (χ1) is 15.0. The van der Waals surface area contributed by atoms with Crippen LogP contribution in [0, 0.1) is 0 Å². The Kier molecular flexibility index (Phi) is 7.21. The minimum absolute atomic E-state index is 0.0843. The standard InChI is InChI=1S/C22H22N2O7/c1-29-17-8-4-15(5-9-17)22(28)23-19(25)13-31-21(27)14-30-18-10-6-16(7-11-18)24-12-2-3-20(24)26/h4-11H,2-3,12-14H2,1H3,(H,23,25,28). The first-order valence-electron chi connectivity index (χ1n) is 9.63. The fourth-order valence-corrected chi connectivity index (χ4v) is 2.95. The molecule has 2 aromatic rings. The lowest BCUT2D eigenvalue weighted by atomic mass is 10.2. The molecule has 2 aromatic carbocycles. The van der Waals surface area contributed by atoms with Crippen LogP contribution in [0.15, 0.2) is 48.5 Å². The van der Waals surface area contributed by atoms with Gasteiger partial charge in [0, 0.05) is 24.2 Å². The number of anilines is 1. The first kappa shape index (κ1) is 21.8. The third kappa shape index (κ3) is 6.05. The second-order valence-electron chi connectivity index (χ2n) is 6.70. The summed E-state index contributed by atoms with van der Waals surface area (Å²) in [7, 11) is 1.50. The molecule has 3 rings (SSSR count). The zero-order valence-electron chi connectivity index (χ0n) is 17.0. The molecule has 9 heteroatoms. The Balaban J connectivity index is 1.38. The Bertz CT molecular complexity index is 955. The van der Waals surface area contributed by atoms with Crippen molar-refractivity contribution < 1.29 is 33.4 Å². The number of carbonyl (C=O) groups is 4. The lowest BCUT2D eigenvalue weighted by Gasteiger charge is -2.16. The van der Waals surface area contributed by atoms with E-state index in [1.165, 1.54) is 19.2 Å². The highest BCUT2D eigenvalue weighted by Gasteiger charge is 2.21. The number of methoxy groups -OCH3 is 1. The van der Waals surface area contributed by atoms with Crippen molar-refractivity contribution in [2.24, 2.45) is 0 Å². The summed E-state index contributed by atoms with van der Waals surface area (Å²) >= 11 is 0. The Hall–Kier alpha value is -3.88. The summed E-state index contributed by atoms with van der Waals surface area (Å²) < 4.78 is 15.1. The van der Waals surface area contributed by atoms with Crippen LogP contribution in [0.25, 0.3) is 0 Å². The second kappa shape index (κ2) is 10.2. The van der Waals surface area contributed by atoms with Crippen LogP contribution < -0.4 is 19.7 Å². The Labute approximate surface area is 178 Å². The molecule has 1 saturated heterocycles. The predicted molar refractivity (Wildman–Crippen MR) is 110 cm³/mol. The van der Waals surface area contributed by atoms with Gasteiger partial charge >= 0.3 is 5.97 Å². The molecule has 1 fully saturated rings. The molecule has 9 nitrogen and oxygen atoms in total. The fraction of sp³-hybridized carbons (Fsp3) is 0.273. The van der Waals surface area contributed by atoms with Crippen molar-refractivity contribution in [2.75, 3.05) is 31.8 Å². The van der Waals surface area contributed by atoms with E-state index in [2.05, 4.69) is 5.32 Å². The van der Waals surface area contributed by atoms with Gasteiger partial charge in [-0.25, -0.2) is 4.79 Å². The van der Waals surface area contributed by atoms with Crippen molar-refractivity contribution in [3.8, 4) is 11.5 Å². The van der Waals surface area contributed by atoms with Gasteiger partial charge in [-0.1, -0.05) is 0 Å². The van der Waals surface area contributed by atoms with Crippen LogP contribution in [0.5, 0.6) is 11.5 Å². The number of amides is 3. The van der Waals surface area contributed by atoms with Crippen LogP contribution in [0.1, 0.15) is 23.2 Å². The molecule has 31 heavy (non-hydrogen) atoms. The van der Waals surface area contributed by atoms with E-state index in [0.29, 0.717) is 24.5 Å². The van der Waals surface area contributed by atoms with Crippen molar-refractivity contribution in [1.82, 2.24) is 5.32 Å². The van der Waals surface area contributed by atoms with Crippen LogP contribution in [-0.2, 0) is 19.1 Å². The van der Waals surface area contributed by atoms with Crippen LogP contribution in [0.2, 0.25) is 0 Å². The predicted octanol–water partition coefficient (Wildman–Crippen LogP) is 1.70. The molecule has 0 atom stereocenters. The fourth-order valence-electron chi connectivity index (χ4n) is 2.95. The minimum atomic E-state index is -0.758. The molecule has 3 amide bonds. The van der Waals surface area contributed by atoms with Crippen molar-refractivity contribution in [1.29, 1.82) is 0 Å². The highest BCUT2D eigenvalue weighted by atomic mass is 16.6. The number of hydrogen-bond acceptors (Lipinski definition) is 7. The number of rotatable bonds is 8. The topological polar surface area (TPSA) is 111 Å². The minimum Gasteiger partial charge on any atom is -0.497 e. The summed E-state index contributed by atoms with van der Waals surface area (Å²) in [4.78, 5) is 49.0. The van der Waals surface area contributed by atoms with Crippen LogP contribution in [-0.4, -0.2) is 50.6 Å². The lowest BCUT2D eigenvalue weighted by molar-refractivity contribution is -0.150. The van der Waals surface area contributed by atoms with Crippen molar-refractivity contribution >= 4 is 29.4 Å². The van der Waals surface area contributed by atoms with E-state index >= 15 is 0 Å². The number of esters is 1. The van der Waals surface area contributed by atoms with Gasteiger partial charge in [0.25, 0.3) is 11.8 Å². The van der Waals surface area contributed by atoms with Crippen LogP contribution >= 0.6 is 0 Å². The average molecular weight is 426 g/mol. The second-order valence-corrected chi connectivity index (χ2v) is 6.70. The molecule has 0 aromatic heterocycles.